The second-order valence-electron chi connectivity index (χ2n) is 6.87. The monoisotopic (exact) mass is 418 g/mol. The zero-order valence-electron chi connectivity index (χ0n) is 17.3. The zero-order chi connectivity index (χ0) is 22.0. The van der Waals surface area contributed by atoms with Gasteiger partial charge in [0.15, 0.2) is 0 Å². The SMILES string of the molecule is CN/C=C1/NC(=O)C(c2nc3ccc(OC)cc3[nH]2)=C(NC(C)c2ncccn2)C1=N. The molecule has 0 bridgehead atoms. The van der Waals surface area contributed by atoms with E-state index in [1.54, 1.807) is 57.0 Å². The van der Waals surface area contributed by atoms with Gasteiger partial charge in [-0.3, -0.25) is 10.2 Å². The maximum atomic E-state index is 13.1. The van der Waals surface area contributed by atoms with Gasteiger partial charge in [0.1, 0.15) is 28.7 Å². The summed E-state index contributed by atoms with van der Waals surface area (Å²) in [4.78, 5) is 29.3. The van der Waals surface area contributed by atoms with Crippen LogP contribution in [0.1, 0.15) is 24.6 Å². The van der Waals surface area contributed by atoms with E-state index in [9.17, 15) is 4.79 Å². The molecule has 1 unspecified atom stereocenters. The van der Waals surface area contributed by atoms with Crippen LogP contribution in [0.3, 0.4) is 0 Å². The molecule has 4 rings (SSSR count). The molecule has 5 N–H and O–H groups in total. The minimum atomic E-state index is -0.382. The molecule has 0 aliphatic carbocycles. The molecular weight excluding hydrogens is 396 g/mol. The van der Waals surface area contributed by atoms with Crippen LogP contribution in [0.25, 0.3) is 16.6 Å². The maximum absolute atomic E-state index is 13.1. The lowest BCUT2D eigenvalue weighted by Gasteiger charge is -2.26. The number of fused-ring (bicyclic) bond motifs is 1. The molecule has 31 heavy (non-hydrogen) atoms. The van der Waals surface area contributed by atoms with Gasteiger partial charge in [0, 0.05) is 31.7 Å². The van der Waals surface area contributed by atoms with Crippen molar-refractivity contribution in [3.63, 3.8) is 0 Å². The third-order valence-electron chi connectivity index (χ3n) is 4.79. The van der Waals surface area contributed by atoms with Gasteiger partial charge in [0.2, 0.25) is 0 Å². The number of rotatable bonds is 6. The molecule has 3 heterocycles. The molecule has 1 aromatic carbocycles. The van der Waals surface area contributed by atoms with Crippen molar-refractivity contribution < 1.29 is 9.53 Å². The van der Waals surface area contributed by atoms with Gasteiger partial charge in [-0.2, -0.15) is 0 Å². The fourth-order valence-corrected chi connectivity index (χ4v) is 3.29. The number of amides is 1. The standard InChI is InChI=1S/C21H22N8O2/c1-11(19-24-7-4-8-25-19)26-18-16(21(30)29-15(10-23-2)17(18)22)20-27-13-6-5-12(31-3)9-14(13)28-20/h4-11,22-23,26H,1-3H3,(H,27,28)(H,29,30)/b15-10+,22-17?. The van der Waals surface area contributed by atoms with E-state index in [-0.39, 0.29) is 23.2 Å². The first-order valence-corrected chi connectivity index (χ1v) is 9.61. The van der Waals surface area contributed by atoms with Gasteiger partial charge in [0.25, 0.3) is 5.91 Å². The van der Waals surface area contributed by atoms with Gasteiger partial charge < -0.3 is 25.7 Å². The summed E-state index contributed by atoms with van der Waals surface area (Å²) in [5, 5.41) is 17.5. The molecule has 0 saturated heterocycles. The Morgan fingerprint density at radius 2 is 2.03 bits per heavy atom. The van der Waals surface area contributed by atoms with Crippen LogP contribution in [-0.4, -0.2) is 45.7 Å². The van der Waals surface area contributed by atoms with Gasteiger partial charge in [-0.05, 0) is 25.1 Å². The summed E-state index contributed by atoms with van der Waals surface area (Å²) >= 11 is 0. The highest BCUT2D eigenvalue weighted by Crippen LogP contribution is 2.27. The molecule has 0 radical (unpaired) electrons. The van der Waals surface area contributed by atoms with Gasteiger partial charge in [-0.1, -0.05) is 0 Å². The fraction of sp³-hybridized carbons (Fsp3) is 0.190. The summed E-state index contributed by atoms with van der Waals surface area (Å²) in [7, 11) is 3.29. The van der Waals surface area contributed by atoms with E-state index >= 15 is 0 Å². The lowest BCUT2D eigenvalue weighted by Crippen LogP contribution is -2.41. The molecule has 10 nitrogen and oxygen atoms in total. The molecule has 1 amide bonds. The summed E-state index contributed by atoms with van der Waals surface area (Å²) in [5.74, 6) is 1.18. The second kappa shape index (κ2) is 8.27. The molecule has 1 aliphatic rings. The molecule has 0 spiro atoms. The number of hydrogen-bond donors (Lipinski definition) is 5. The van der Waals surface area contributed by atoms with Crippen LogP contribution in [-0.2, 0) is 4.79 Å². The third-order valence-corrected chi connectivity index (χ3v) is 4.79. The Morgan fingerprint density at radius 1 is 1.26 bits per heavy atom. The van der Waals surface area contributed by atoms with Gasteiger partial charge in [-0.15, -0.1) is 0 Å². The minimum Gasteiger partial charge on any atom is -0.497 e. The van der Waals surface area contributed by atoms with E-state index < -0.39 is 0 Å². The Balaban J connectivity index is 1.84. The summed E-state index contributed by atoms with van der Waals surface area (Å²) in [6.45, 7) is 1.87. The average molecular weight is 418 g/mol. The van der Waals surface area contributed by atoms with Gasteiger partial charge in [-0.25, -0.2) is 15.0 Å². The molecule has 2 aromatic heterocycles. The second-order valence-corrected chi connectivity index (χ2v) is 6.87. The number of aromatic amines is 1. The van der Waals surface area contributed by atoms with Crippen molar-refractivity contribution in [2.24, 2.45) is 0 Å². The van der Waals surface area contributed by atoms with E-state index in [0.29, 0.717) is 34.3 Å². The van der Waals surface area contributed by atoms with E-state index in [1.165, 1.54) is 0 Å². The fourth-order valence-electron chi connectivity index (χ4n) is 3.29. The first-order chi connectivity index (χ1) is 15.0. The number of benzene rings is 1. The first kappa shape index (κ1) is 20.1. The first-order valence-electron chi connectivity index (χ1n) is 9.61. The average Bonchev–Trinajstić information content (AvgIpc) is 3.20. The van der Waals surface area contributed by atoms with Crippen molar-refractivity contribution in [1.82, 2.24) is 35.9 Å². The van der Waals surface area contributed by atoms with Crippen molar-refractivity contribution in [3.05, 3.63) is 65.9 Å². The molecule has 3 aromatic rings. The number of ether oxygens (including phenoxy) is 1. The van der Waals surface area contributed by atoms with Crippen molar-refractivity contribution in [1.29, 1.82) is 5.41 Å². The number of carbonyl (C=O) groups is 1. The number of methoxy groups -OCH3 is 1. The van der Waals surface area contributed by atoms with Crippen LogP contribution in [0, 0.1) is 5.41 Å². The van der Waals surface area contributed by atoms with Gasteiger partial charge in [0.05, 0.1) is 35.6 Å². The molecule has 0 fully saturated rings. The van der Waals surface area contributed by atoms with E-state index in [0.717, 1.165) is 5.52 Å². The Bertz CT molecular complexity index is 1210. The highest BCUT2D eigenvalue weighted by molar-refractivity contribution is 6.33. The van der Waals surface area contributed by atoms with Crippen LogP contribution in [0.15, 0.2) is 54.3 Å². The molecule has 0 saturated carbocycles. The predicted molar refractivity (Wildman–Crippen MR) is 116 cm³/mol. The third kappa shape index (κ3) is 3.82. The van der Waals surface area contributed by atoms with Crippen molar-refractivity contribution in [2.45, 2.75) is 13.0 Å². The Kier molecular flexibility index (Phi) is 5.35. The van der Waals surface area contributed by atoms with Crippen LogP contribution < -0.4 is 20.7 Å². The summed E-state index contributed by atoms with van der Waals surface area (Å²) < 4.78 is 5.27. The largest absolute Gasteiger partial charge is 0.497 e. The normalized spacial score (nSPS) is 16.4. The van der Waals surface area contributed by atoms with Crippen molar-refractivity contribution in [3.8, 4) is 5.75 Å². The summed E-state index contributed by atoms with van der Waals surface area (Å²) in [5.41, 5.74) is 2.42. The number of aromatic nitrogens is 4. The number of carbonyl (C=O) groups excluding carboxylic acids is 1. The predicted octanol–water partition coefficient (Wildman–Crippen LogP) is 1.63. The van der Waals surface area contributed by atoms with Crippen LogP contribution in [0.4, 0.5) is 0 Å². The Morgan fingerprint density at radius 3 is 2.74 bits per heavy atom. The summed E-state index contributed by atoms with van der Waals surface area (Å²) in [6, 6.07) is 6.79. The molecule has 10 heteroatoms. The van der Waals surface area contributed by atoms with Crippen molar-refractivity contribution >= 4 is 28.2 Å². The Labute approximate surface area is 178 Å². The number of nitrogens with zero attached hydrogens (tertiary/aromatic N) is 3. The number of hydrogen-bond acceptors (Lipinski definition) is 8. The zero-order valence-corrected chi connectivity index (χ0v) is 17.3. The van der Waals surface area contributed by atoms with E-state index in [1.807, 2.05) is 6.92 Å². The highest BCUT2D eigenvalue weighted by atomic mass is 16.5. The highest BCUT2D eigenvalue weighted by Gasteiger charge is 2.32. The van der Waals surface area contributed by atoms with Crippen molar-refractivity contribution in [2.75, 3.05) is 14.2 Å². The lowest BCUT2D eigenvalue weighted by atomic mass is 10.0. The Hall–Kier alpha value is -4.21. The minimum absolute atomic E-state index is 0.116. The van der Waals surface area contributed by atoms with Crippen LogP contribution >= 0.6 is 0 Å². The maximum Gasteiger partial charge on any atom is 0.261 e. The lowest BCUT2D eigenvalue weighted by molar-refractivity contribution is -0.115. The molecule has 1 aliphatic heterocycles. The molecule has 158 valence electrons. The molecular formula is C21H22N8O2. The topological polar surface area (TPSA) is 141 Å². The smallest absolute Gasteiger partial charge is 0.261 e. The molecule has 1 atom stereocenters. The summed E-state index contributed by atoms with van der Waals surface area (Å²) in [6.07, 6.45) is 4.85. The quantitative estimate of drug-likeness (QED) is 0.410. The number of nitrogens with one attached hydrogen (secondary N) is 5. The van der Waals surface area contributed by atoms with Crippen LogP contribution in [0.5, 0.6) is 5.75 Å². The van der Waals surface area contributed by atoms with Crippen LogP contribution in [0.2, 0.25) is 0 Å². The number of imidazole rings is 1. The van der Waals surface area contributed by atoms with Gasteiger partial charge >= 0.3 is 0 Å². The number of H-pyrrole nitrogens is 1. The van der Waals surface area contributed by atoms with E-state index in [2.05, 4.69) is 35.9 Å². The van der Waals surface area contributed by atoms with E-state index in [4.69, 9.17) is 10.1 Å².